The number of nitriles is 1. The Morgan fingerprint density at radius 3 is 2.58 bits per heavy atom. The van der Waals surface area contributed by atoms with Crippen LogP contribution in [0, 0.1) is 11.3 Å². The maximum absolute atomic E-state index is 12.0. The van der Waals surface area contributed by atoms with Gasteiger partial charge in [-0.05, 0) is 35.9 Å². The van der Waals surface area contributed by atoms with E-state index >= 15 is 0 Å². The van der Waals surface area contributed by atoms with E-state index in [0.717, 1.165) is 10.4 Å². The molecule has 0 atom stereocenters. The van der Waals surface area contributed by atoms with Crippen molar-refractivity contribution < 1.29 is 19.1 Å². The molecule has 0 radical (unpaired) electrons. The summed E-state index contributed by atoms with van der Waals surface area (Å²) in [5, 5.41) is 11.4. The van der Waals surface area contributed by atoms with Gasteiger partial charge in [-0.15, -0.1) is 11.3 Å². The molecule has 2 rings (SSSR count). The Hall–Kier alpha value is -3.24. The van der Waals surface area contributed by atoms with Crippen molar-refractivity contribution in [2.75, 3.05) is 6.61 Å². The molecule has 1 heterocycles. The standard InChI is InChI=1S/C19H16N2O4S/c1-13(22)21-11-16-7-8-18(26-16)17(23)12-25-19(24)9-6-14-2-4-15(10-20)5-3-14/h2-9H,11-12H2,1H3,(H,21,22)/b9-6+. The van der Waals surface area contributed by atoms with E-state index in [1.54, 1.807) is 42.5 Å². The average molecular weight is 368 g/mol. The number of thiophene rings is 1. The lowest BCUT2D eigenvalue weighted by atomic mass is 10.1. The number of carbonyl (C=O) groups excluding carboxylic acids is 3. The highest BCUT2D eigenvalue weighted by molar-refractivity contribution is 7.14. The summed E-state index contributed by atoms with van der Waals surface area (Å²) in [5.41, 5.74) is 1.28. The predicted octanol–water partition coefficient (Wildman–Crippen LogP) is 2.70. The van der Waals surface area contributed by atoms with Gasteiger partial charge in [0.2, 0.25) is 11.7 Å². The molecule has 0 unspecified atom stereocenters. The Bertz CT molecular complexity index is 876. The van der Waals surface area contributed by atoms with Crippen molar-refractivity contribution in [1.82, 2.24) is 5.32 Å². The van der Waals surface area contributed by atoms with Gasteiger partial charge < -0.3 is 10.1 Å². The topological polar surface area (TPSA) is 96.3 Å². The summed E-state index contributed by atoms with van der Waals surface area (Å²) in [6.07, 6.45) is 2.77. The molecule has 0 saturated carbocycles. The van der Waals surface area contributed by atoms with Crippen molar-refractivity contribution in [3.8, 4) is 6.07 Å². The van der Waals surface area contributed by atoms with Crippen molar-refractivity contribution in [2.45, 2.75) is 13.5 Å². The second-order valence-electron chi connectivity index (χ2n) is 5.27. The number of Topliss-reactive ketones (excluding diaryl/α,β-unsaturated/α-hetero) is 1. The van der Waals surface area contributed by atoms with Gasteiger partial charge in [0.15, 0.2) is 6.61 Å². The third kappa shape index (κ3) is 6.00. The number of nitrogens with zero attached hydrogens (tertiary/aromatic N) is 1. The minimum absolute atomic E-state index is 0.144. The number of ketones is 1. The van der Waals surface area contributed by atoms with Gasteiger partial charge in [-0.3, -0.25) is 9.59 Å². The van der Waals surface area contributed by atoms with Crippen LogP contribution in [0.2, 0.25) is 0 Å². The molecule has 1 aromatic heterocycles. The van der Waals surface area contributed by atoms with E-state index in [-0.39, 0.29) is 18.3 Å². The summed E-state index contributed by atoms with van der Waals surface area (Å²) in [6, 6.07) is 12.1. The number of amides is 1. The van der Waals surface area contributed by atoms with Gasteiger partial charge in [0.25, 0.3) is 0 Å². The van der Waals surface area contributed by atoms with E-state index in [1.807, 2.05) is 6.07 Å². The first kappa shape index (κ1) is 19.1. The van der Waals surface area contributed by atoms with Gasteiger partial charge >= 0.3 is 5.97 Å². The van der Waals surface area contributed by atoms with Gasteiger partial charge in [0.05, 0.1) is 23.1 Å². The fourth-order valence-corrected chi connectivity index (χ4v) is 2.80. The first-order chi connectivity index (χ1) is 12.5. The summed E-state index contributed by atoms with van der Waals surface area (Å²) in [5.74, 6) is -1.07. The molecule has 0 saturated heterocycles. The number of ether oxygens (including phenoxy) is 1. The highest BCUT2D eigenvalue weighted by Gasteiger charge is 2.11. The Kier molecular flexibility index (Phi) is 6.83. The van der Waals surface area contributed by atoms with E-state index in [2.05, 4.69) is 5.32 Å². The summed E-state index contributed by atoms with van der Waals surface area (Å²) >= 11 is 1.25. The Morgan fingerprint density at radius 2 is 1.92 bits per heavy atom. The first-order valence-corrected chi connectivity index (χ1v) is 8.51. The lowest BCUT2D eigenvalue weighted by Crippen LogP contribution is -2.18. The molecule has 26 heavy (non-hydrogen) atoms. The Morgan fingerprint density at radius 1 is 1.19 bits per heavy atom. The molecular weight excluding hydrogens is 352 g/mol. The number of hydrogen-bond acceptors (Lipinski definition) is 6. The smallest absolute Gasteiger partial charge is 0.331 e. The van der Waals surface area contributed by atoms with Crippen molar-refractivity contribution in [2.24, 2.45) is 0 Å². The number of rotatable bonds is 7. The van der Waals surface area contributed by atoms with Crippen LogP contribution in [-0.2, 0) is 20.9 Å². The molecule has 1 aromatic carbocycles. The molecule has 0 aliphatic heterocycles. The molecule has 7 heteroatoms. The third-order valence-corrected chi connectivity index (χ3v) is 4.37. The lowest BCUT2D eigenvalue weighted by Gasteiger charge is -2.00. The number of hydrogen-bond donors (Lipinski definition) is 1. The monoisotopic (exact) mass is 368 g/mol. The predicted molar refractivity (Wildman–Crippen MR) is 97.3 cm³/mol. The van der Waals surface area contributed by atoms with Crippen LogP contribution in [0.1, 0.15) is 32.6 Å². The van der Waals surface area contributed by atoms with E-state index in [4.69, 9.17) is 10.00 Å². The average Bonchev–Trinajstić information content (AvgIpc) is 3.12. The van der Waals surface area contributed by atoms with E-state index < -0.39 is 5.97 Å². The van der Waals surface area contributed by atoms with Gasteiger partial charge in [0.1, 0.15) is 0 Å². The number of benzene rings is 1. The molecular formula is C19H16N2O4S. The molecule has 0 aliphatic rings. The van der Waals surface area contributed by atoms with Crippen LogP contribution < -0.4 is 5.32 Å². The van der Waals surface area contributed by atoms with E-state index in [0.29, 0.717) is 17.0 Å². The quantitative estimate of drug-likeness (QED) is 0.460. The van der Waals surface area contributed by atoms with Crippen molar-refractivity contribution in [3.05, 3.63) is 63.4 Å². The molecule has 0 aliphatic carbocycles. The molecule has 1 amide bonds. The molecule has 0 spiro atoms. The molecule has 0 bridgehead atoms. The van der Waals surface area contributed by atoms with Crippen molar-refractivity contribution in [1.29, 1.82) is 5.26 Å². The van der Waals surface area contributed by atoms with Crippen molar-refractivity contribution in [3.63, 3.8) is 0 Å². The zero-order chi connectivity index (χ0) is 18.9. The van der Waals surface area contributed by atoms with Crippen LogP contribution in [0.5, 0.6) is 0 Å². The zero-order valence-corrected chi connectivity index (χ0v) is 14.8. The second-order valence-corrected chi connectivity index (χ2v) is 6.44. The van der Waals surface area contributed by atoms with Gasteiger partial charge in [-0.25, -0.2) is 4.79 Å². The van der Waals surface area contributed by atoms with Crippen LogP contribution >= 0.6 is 11.3 Å². The summed E-state index contributed by atoms with van der Waals surface area (Å²) < 4.78 is 4.94. The maximum atomic E-state index is 12.0. The minimum atomic E-state index is -0.627. The van der Waals surface area contributed by atoms with Gasteiger partial charge in [-0.1, -0.05) is 12.1 Å². The Balaban J connectivity index is 1.82. The molecule has 2 aromatic rings. The number of carbonyl (C=O) groups is 3. The largest absolute Gasteiger partial charge is 0.454 e. The second kappa shape index (κ2) is 9.30. The highest BCUT2D eigenvalue weighted by atomic mass is 32.1. The fraction of sp³-hybridized carbons (Fsp3) is 0.158. The molecule has 1 N–H and O–H groups in total. The van der Waals surface area contributed by atoms with Crippen molar-refractivity contribution >= 4 is 35.1 Å². The SMILES string of the molecule is CC(=O)NCc1ccc(C(=O)COC(=O)/C=C/c2ccc(C#N)cc2)s1. The third-order valence-electron chi connectivity index (χ3n) is 3.25. The number of esters is 1. The van der Waals surface area contributed by atoms with E-state index in [1.165, 1.54) is 24.3 Å². The maximum Gasteiger partial charge on any atom is 0.331 e. The number of nitrogens with one attached hydrogen (secondary N) is 1. The van der Waals surface area contributed by atoms with Crippen LogP contribution in [0.3, 0.4) is 0 Å². The van der Waals surface area contributed by atoms with Crippen LogP contribution in [-0.4, -0.2) is 24.3 Å². The first-order valence-electron chi connectivity index (χ1n) is 7.69. The highest BCUT2D eigenvalue weighted by Crippen LogP contribution is 2.17. The fourth-order valence-electron chi connectivity index (χ4n) is 1.92. The van der Waals surface area contributed by atoms with Crippen LogP contribution in [0.25, 0.3) is 6.08 Å². The van der Waals surface area contributed by atoms with Gasteiger partial charge in [0, 0.05) is 17.9 Å². The zero-order valence-electron chi connectivity index (χ0n) is 14.0. The summed E-state index contributed by atoms with van der Waals surface area (Å²) in [4.78, 5) is 35.9. The van der Waals surface area contributed by atoms with E-state index in [9.17, 15) is 14.4 Å². The summed E-state index contributed by atoms with van der Waals surface area (Å²) in [7, 11) is 0. The minimum Gasteiger partial charge on any atom is -0.454 e. The molecule has 132 valence electrons. The molecule has 0 fully saturated rings. The Labute approximate surface area is 154 Å². The summed E-state index contributed by atoms with van der Waals surface area (Å²) in [6.45, 7) is 1.43. The van der Waals surface area contributed by atoms with Crippen LogP contribution in [0.4, 0.5) is 0 Å². The van der Waals surface area contributed by atoms with Crippen LogP contribution in [0.15, 0.2) is 42.5 Å². The van der Waals surface area contributed by atoms with Gasteiger partial charge in [-0.2, -0.15) is 5.26 Å². The normalized spacial score (nSPS) is 10.3. The lowest BCUT2D eigenvalue weighted by molar-refractivity contribution is -0.136. The molecule has 6 nitrogen and oxygen atoms in total.